The third-order valence-electron chi connectivity index (χ3n) is 5.37. The molecule has 0 spiro atoms. The number of carbonyl (C=O) groups is 1. The van der Waals surface area contributed by atoms with Gasteiger partial charge in [0.2, 0.25) is 0 Å². The second-order valence-electron chi connectivity index (χ2n) is 8.17. The number of carbonyl (C=O) groups excluding carboxylic acids is 1. The Morgan fingerprint density at radius 2 is 1.37 bits per heavy atom. The Balaban J connectivity index is 1.34. The summed E-state index contributed by atoms with van der Waals surface area (Å²) in [5.41, 5.74) is 3.32. The van der Waals surface area contributed by atoms with Gasteiger partial charge in [-0.2, -0.15) is 5.26 Å². The molecule has 0 aromatic heterocycles. The number of hydrogen-bond donors (Lipinski definition) is 1. The minimum Gasteiger partial charge on any atom is -0.489 e. The molecule has 0 fully saturated rings. The molecule has 0 atom stereocenters. The zero-order valence-corrected chi connectivity index (χ0v) is 24.7. The lowest BCUT2D eigenvalue weighted by molar-refractivity contribution is -0.112. The lowest BCUT2D eigenvalue weighted by atomic mass is 10.1. The molecular formula is C30H21Br3N2O3. The van der Waals surface area contributed by atoms with Crippen LogP contribution in [0.2, 0.25) is 0 Å². The van der Waals surface area contributed by atoms with Gasteiger partial charge in [-0.05, 0) is 99.4 Å². The molecule has 0 unspecified atom stereocenters. The number of nitrogens with zero attached hydrogens (tertiary/aromatic N) is 1. The number of ether oxygens (including phenoxy) is 2. The third-order valence-corrected chi connectivity index (χ3v) is 7.05. The molecule has 0 saturated heterocycles. The molecule has 0 heterocycles. The first-order chi connectivity index (χ1) is 18.4. The van der Waals surface area contributed by atoms with Gasteiger partial charge in [0.15, 0.2) is 0 Å². The highest BCUT2D eigenvalue weighted by molar-refractivity contribution is 9.11. The molecule has 0 aliphatic carbocycles. The quantitative estimate of drug-likeness (QED) is 0.140. The minimum atomic E-state index is -0.497. The fourth-order valence-electron chi connectivity index (χ4n) is 3.36. The third kappa shape index (κ3) is 8.06. The van der Waals surface area contributed by atoms with Crippen molar-refractivity contribution in [2.24, 2.45) is 0 Å². The van der Waals surface area contributed by atoms with Crippen LogP contribution in [-0.4, -0.2) is 5.91 Å². The van der Waals surface area contributed by atoms with Gasteiger partial charge in [0, 0.05) is 14.6 Å². The first kappa shape index (κ1) is 27.6. The van der Waals surface area contributed by atoms with Crippen molar-refractivity contribution < 1.29 is 14.3 Å². The maximum absolute atomic E-state index is 12.7. The van der Waals surface area contributed by atoms with Gasteiger partial charge in [-0.15, -0.1) is 0 Å². The SMILES string of the molecule is N#C/C(=C\c1ccc(OCc2ccc(Br)cc2)c(Br)c1)C(=O)Nc1ccc(OCc2ccc(Br)cc2)cc1. The molecule has 5 nitrogen and oxygen atoms in total. The predicted molar refractivity (Wildman–Crippen MR) is 160 cm³/mol. The van der Waals surface area contributed by atoms with Gasteiger partial charge in [-0.25, -0.2) is 0 Å². The topological polar surface area (TPSA) is 71.3 Å². The van der Waals surface area contributed by atoms with Crippen LogP contribution in [0.3, 0.4) is 0 Å². The van der Waals surface area contributed by atoms with Crippen molar-refractivity contribution in [3.8, 4) is 17.6 Å². The fraction of sp³-hybridized carbons (Fsp3) is 0.0667. The summed E-state index contributed by atoms with van der Waals surface area (Å²) in [4.78, 5) is 12.7. The van der Waals surface area contributed by atoms with E-state index in [1.165, 1.54) is 6.08 Å². The van der Waals surface area contributed by atoms with E-state index in [-0.39, 0.29) is 5.57 Å². The monoisotopic (exact) mass is 694 g/mol. The molecule has 4 aromatic carbocycles. The average Bonchev–Trinajstić information content (AvgIpc) is 2.92. The number of rotatable bonds is 9. The minimum absolute atomic E-state index is 0.0176. The van der Waals surface area contributed by atoms with Crippen molar-refractivity contribution >= 4 is 65.5 Å². The standard InChI is InChI=1S/C30H21Br3N2O3/c31-24-6-1-20(2-7-24)18-37-27-12-10-26(11-13-27)35-30(36)23(17-34)15-22-5-14-29(28(33)16-22)38-19-21-3-8-25(32)9-4-21/h1-16H,18-19H2,(H,35,36)/b23-15+. The van der Waals surface area contributed by atoms with E-state index < -0.39 is 5.91 Å². The van der Waals surface area contributed by atoms with E-state index in [9.17, 15) is 10.1 Å². The number of nitriles is 1. The van der Waals surface area contributed by atoms with Crippen molar-refractivity contribution in [1.29, 1.82) is 5.26 Å². The zero-order chi connectivity index (χ0) is 26.9. The molecule has 0 aliphatic heterocycles. The molecule has 0 aliphatic rings. The lowest BCUT2D eigenvalue weighted by Crippen LogP contribution is -2.13. The second-order valence-corrected chi connectivity index (χ2v) is 10.9. The van der Waals surface area contributed by atoms with Crippen LogP contribution in [0.15, 0.2) is 110 Å². The summed E-state index contributed by atoms with van der Waals surface area (Å²) in [5.74, 6) is 0.840. The normalized spacial score (nSPS) is 10.9. The van der Waals surface area contributed by atoms with Crippen LogP contribution < -0.4 is 14.8 Å². The van der Waals surface area contributed by atoms with E-state index in [4.69, 9.17) is 9.47 Å². The van der Waals surface area contributed by atoms with Crippen molar-refractivity contribution in [2.75, 3.05) is 5.32 Å². The van der Waals surface area contributed by atoms with Crippen LogP contribution in [0.4, 0.5) is 5.69 Å². The van der Waals surface area contributed by atoms with Crippen molar-refractivity contribution in [1.82, 2.24) is 0 Å². The summed E-state index contributed by atoms with van der Waals surface area (Å²) < 4.78 is 14.4. The lowest BCUT2D eigenvalue weighted by Gasteiger charge is -2.10. The van der Waals surface area contributed by atoms with Crippen molar-refractivity contribution in [3.63, 3.8) is 0 Å². The summed E-state index contributed by atoms with van der Waals surface area (Å²) in [7, 11) is 0. The second kappa shape index (κ2) is 13.4. The molecule has 38 heavy (non-hydrogen) atoms. The maximum Gasteiger partial charge on any atom is 0.266 e. The Bertz CT molecular complexity index is 1480. The number of amides is 1. The van der Waals surface area contributed by atoms with Crippen molar-refractivity contribution in [3.05, 3.63) is 127 Å². The van der Waals surface area contributed by atoms with Crippen LogP contribution in [0.5, 0.6) is 11.5 Å². The summed E-state index contributed by atoms with van der Waals surface area (Å²) in [5, 5.41) is 12.3. The molecule has 0 saturated carbocycles. The molecule has 190 valence electrons. The Labute approximate surface area is 246 Å². The molecule has 4 rings (SSSR count). The summed E-state index contributed by atoms with van der Waals surface area (Å²) in [6.45, 7) is 0.852. The maximum atomic E-state index is 12.7. The van der Waals surface area contributed by atoms with Gasteiger partial charge in [0.05, 0.1) is 4.47 Å². The van der Waals surface area contributed by atoms with Crippen LogP contribution >= 0.6 is 47.8 Å². The van der Waals surface area contributed by atoms with Crippen molar-refractivity contribution in [2.45, 2.75) is 13.2 Å². The van der Waals surface area contributed by atoms with Gasteiger partial charge < -0.3 is 14.8 Å². The van der Waals surface area contributed by atoms with Gasteiger partial charge in [-0.3, -0.25) is 4.79 Å². The molecule has 0 radical (unpaired) electrons. The van der Waals surface area contributed by atoms with Crippen LogP contribution in [-0.2, 0) is 18.0 Å². The number of benzene rings is 4. The Hall–Kier alpha value is -3.38. The highest BCUT2D eigenvalue weighted by Gasteiger charge is 2.11. The zero-order valence-electron chi connectivity index (χ0n) is 20.0. The van der Waals surface area contributed by atoms with Crippen LogP contribution in [0.1, 0.15) is 16.7 Å². The molecule has 8 heteroatoms. The Morgan fingerprint density at radius 1 is 0.789 bits per heavy atom. The van der Waals surface area contributed by atoms with E-state index in [0.717, 1.165) is 24.5 Å². The van der Waals surface area contributed by atoms with Gasteiger partial charge in [0.25, 0.3) is 5.91 Å². The number of nitrogens with one attached hydrogen (secondary N) is 1. The summed E-state index contributed by atoms with van der Waals surface area (Å²) in [6, 6.07) is 30.2. The average molecular weight is 697 g/mol. The van der Waals surface area contributed by atoms with Gasteiger partial charge in [-0.1, -0.05) is 62.2 Å². The first-order valence-electron chi connectivity index (χ1n) is 11.5. The van der Waals surface area contributed by atoms with E-state index in [0.29, 0.717) is 36.0 Å². The Morgan fingerprint density at radius 3 is 1.92 bits per heavy atom. The molecular weight excluding hydrogens is 676 g/mol. The summed E-state index contributed by atoms with van der Waals surface area (Å²) in [6.07, 6.45) is 1.54. The van der Waals surface area contributed by atoms with Gasteiger partial charge in [0.1, 0.15) is 36.4 Å². The van der Waals surface area contributed by atoms with E-state index in [2.05, 4.69) is 53.1 Å². The number of anilines is 1. The van der Waals surface area contributed by atoms with E-state index >= 15 is 0 Å². The van der Waals surface area contributed by atoms with E-state index in [1.807, 2.05) is 54.6 Å². The molecule has 1 N–H and O–H groups in total. The Kier molecular flexibility index (Phi) is 9.77. The smallest absolute Gasteiger partial charge is 0.266 e. The molecule has 0 bridgehead atoms. The highest BCUT2D eigenvalue weighted by atomic mass is 79.9. The van der Waals surface area contributed by atoms with Crippen LogP contribution in [0.25, 0.3) is 6.08 Å². The fourth-order valence-corrected chi connectivity index (χ4v) is 4.40. The summed E-state index contributed by atoms with van der Waals surface area (Å²) >= 11 is 10.3. The number of halogens is 3. The molecule has 1 amide bonds. The molecule has 4 aromatic rings. The van der Waals surface area contributed by atoms with E-state index in [1.54, 1.807) is 42.5 Å². The van der Waals surface area contributed by atoms with Crippen LogP contribution in [0, 0.1) is 11.3 Å². The highest BCUT2D eigenvalue weighted by Crippen LogP contribution is 2.28. The van der Waals surface area contributed by atoms with Gasteiger partial charge >= 0.3 is 0 Å². The number of hydrogen-bond acceptors (Lipinski definition) is 4. The predicted octanol–water partition coefficient (Wildman–Crippen LogP) is 8.68. The first-order valence-corrected chi connectivity index (χ1v) is 13.8. The largest absolute Gasteiger partial charge is 0.489 e.